The van der Waals surface area contributed by atoms with Gasteiger partial charge in [-0.3, -0.25) is 0 Å². The average molecular weight is 317 g/mol. The Morgan fingerprint density at radius 1 is 1.14 bits per heavy atom. The highest BCUT2D eigenvalue weighted by atomic mass is 35.5. The van der Waals surface area contributed by atoms with E-state index < -0.39 is 0 Å². The van der Waals surface area contributed by atoms with Gasteiger partial charge in [-0.2, -0.15) is 0 Å². The highest BCUT2D eigenvalue weighted by Crippen LogP contribution is 2.23. The summed E-state index contributed by atoms with van der Waals surface area (Å²) in [5.74, 6) is 0.549. The van der Waals surface area contributed by atoms with Gasteiger partial charge in [0, 0.05) is 0 Å². The molecule has 0 aliphatic carbocycles. The molecule has 1 heterocycles. The summed E-state index contributed by atoms with van der Waals surface area (Å²) in [5.41, 5.74) is 4.53. The minimum Gasteiger partial charge on any atom is -0.329 e. The molecule has 3 aromatic rings. The molecule has 1 aromatic heterocycles. The van der Waals surface area contributed by atoms with Gasteiger partial charge in [0.25, 0.3) is 0 Å². The van der Waals surface area contributed by atoms with Gasteiger partial charge in [-0.05, 0) is 41.4 Å². The van der Waals surface area contributed by atoms with E-state index in [1.165, 1.54) is 11.1 Å². The van der Waals surface area contributed by atoms with E-state index in [1.54, 1.807) is 0 Å². The molecule has 0 spiro atoms. The lowest BCUT2D eigenvalue weighted by molar-refractivity contribution is 0.806. The van der Waals surface area contributed by atoms with Crippen LogP contribution in [-0.4, -0.2) is 9.55 Å². The summed E-state index contributed by atoms with van der Waals surface area (Å²) < 4.78 is 2.78. The van der Waals surface area contributed by atoms with Gasteiger partial charge in [-0.1, -0.05) is 55.8 Å². The number of aromatic nitrogens is 2. The van der Waals surface area contributed by atoms with Crippen LogP contribution in [0.4, 0.5) is 0 Å². The van der Waals surface area contributed by atoms with E-state index in [0.29, 0.717) is 15.7 Å². The molecule has 0 radical (unpaired) electrons. The average Bonchev–Trinajstić information content (AvgIpc) is 2.78. The Hall–Kier alpha value is -1.58. The summed E-state index contributed by atoms with van der Waals surface area (Å²) in [6.07, 6.45) is 0. The maximum Gasteiger partial charge on any atom is 0.178 e. The summed E-state index contributed by atoms with van der Waals surface area (Å²) >= 11 is 11.6. The Bertz CT molecular complexity index is 828. The first-order valence-corrected chi connectivity index (χ1v) is 7.81. The zero-order valence-corrected chi connectivity index (χ0v) is 13.6. The van der Waals surface area contributed by atoms with Crippen molar-refractivity contribution in [3.63, 3.8) is 0 Å². The molecule has 0 bridgehead atoms. The van der Waals surface area contributed by atoms with E-state index >= 15 is 0 Å². The molecule has 0 aliphatic rings. The maximum absolute atomic E-state index is 6.21. The Labute approximate surface area is 134 Å². The van der Waals surface area contributed by atoms with Crippen LogP contribution in [0.2, 0.25) is 5.02 Å². The van der Waals surface area contributed by atoms with Crippen molar-refractivity contribution in [1.29, 1.82) is 0 Å². The van der Waals surface area contributed by atoms with Crippen LogP contribution < -0.4 is 0 Å². The molecule has 0 fully saturated rings. The summed E-state index contributed by atoms with van der Waals surface area (Å²) in [5, 5.41) is 0.701. The Morgan fingerprint density at radius 2 is 1.86 bits per heavy atom. The van der Waals surface area contributed by atoms with Crippen molar-refractivity contribution >= 4 is 34.9 Å². The van der Waals surface area contributed by atoms with Gasteiger partial charge in [0.1, 0.15) is 0 Å². The second-order valence-corrected chi connectivity index (χ2v) is 6.34. The predicted molar refractivity (Wildman–Crippen MR) is 91.8 cm³/mol. The number of nitrogens with zero attached hydrogens (tertiary/aromatic N) is 1. The molecule has 2 aromatic carbocycles. The van der Waals surface area contributed by atoms with Crippen molar-refractivity contribution < 1.29 is 0 Å². The molecule has 2 nitrogen and oxygen atoms in total. The molecule has 0 saturated heterocycles. The van der Waals surface area contributed by atoms with E-state index in [-0.39, 0.29) is 0 Å². The lowest BCUT2D eigenvalue weighted by Gasteiger charge is -2.08. The largest absolute Gasteiger partial charge is 0.329 e. The van der Waals surface area contributed by atoms with E-state index in [2.05, 4.69) is 47.7 Å². The molecule has 0 unspecified atom stereocenters. The third kappa shape index (κ3) is 2.76. The number of hydrogen-bond donors (Lipinski definition) is 1. The molecule has 21 heavy (non-hydrogen) atoms. The highest BCUT2D eigenvalue weighted by Gasteiger charge is 2.08. The molecule has 1 N–H and O–H groups in total. The normalized spacial score (nSPS) is 11.4. The molecule has 0 aliphatic heterocycles. The van der Waals surface area contributed by atoms with Crippen molar-refractivity contribution in [2.75, 3.05) is 0 Å². The van der Waals surface area contributed by atoms with E-state index in [0.717, 1.165) is 17.6 Å². The summed E-state index contributed by atoms with van der Waals surface area (Å²) in [4.78, 5) is 3.19. The van der Waals surface area contributed by atoms with Gasteiger partial charge in [-0.25, -0.2) is 0 Å². The Kier molecular flexibility index (Phi) is 3.87. The van der Waals surface area contributed by atoms with E-state index in [1.807, 2.05) is 18.2 Å². The standard InChI is InChI=1S/C17H17ClN2S/c1-11(2)13-8-6-12(7-9-13)10-20-15-5-3-4-14(18)16(15)19-17(20)21/h3-9,11H,10H2,1-2H3,(H,19,21). The van der Waals surface area contributed by atoms with Crippen LogP contribution >= 0.6 is 23.8 Å². The van der Waals surface area contributed by atoms with Gasteiger partial charge in [0.15, 0.2) is 4.77 Å². The highest BCUT2D eigenvalue weighted by molar-refractivity contribution is 7.71. The third-order valence-electron chi connectivity index (χ3n) is 3.75. The van der Waals surface area contributed by atoms with Crippen LogP contribution in [-0.2, 0) is 6.54 Å². The molecule has 3 rings (SSSR count). The number of nitrogens with one attached hydrogen (secondary N) is 1. The molecule has 0 atom stereocenters. The van der Waals surface area contributed by atoms with Gasteiger partial charge in [0.2, 0.25) is 0 Å². The van der Waals surface area contributed by atoms with Crippen LogP contribution in [0.1, 0.15) is 30.9 Å². The number of para-hydroxylation sites is 1. The quantitative estimate of drug-likeness (QED) is 0.631. The van der Waals surface area contributed by atoms with Crippen molar-refractivity contribution in [1.82, 2.24) is 9.55 Å². The zero-order chi connectivity index (χ0) is 15.0. The Balaban J connectivity index is 2.00. The van der Waals surface area contributed by atoms with Crippen LogP contribution in [0.25, 0.3) is 11.0 Å². The third-order valence-corrected chi connectivity index (χ3v) is 4.38. The van der Waals surface area contributed by atoms with Crippen molar-refractivity contribution in [2.45, 2.75) is 26.3 Å². The second-order valence-electron chi connectivity index (χ2n) is 5.55. The fourth-order valence-electron chi connectivity index (χ4n) is 2.49. The number of H-pyrrole nitrogens is 1. The fraction of sp³-hybridized carbons (Fsp3) is 0.235. The van der Waals surface area contributed by atoms with Gasteiger partial charge < -0.3 is 9.55 Å². The van der Waals surface area contributed by atoms with E-state index in [9.17, 15) is 0 Å². The van der Waals surface area contributed by atoms with Crippen LogP contribution in [0.15, 0.2) is 42.5 Å². The minimum atomic E-state index is 0.549. The van der Waals surface area contributed by atoms with Crippen molar-refractivity contribution in [2.24, 2.45) is 0 Å². The van der Waals surface area contributed by atoms with Crippen molar-refractivity contribution in [3.8, 4) is 0 Å². The smallest absolute Gasteiger partial charge is 0.178 e. The summed E-state index contributed by atoms with van der Waals surface area (Å²) in [6, 6.07) is 14.6. The van der Waals surface area contributed by atoms with Crippen molar-refractivity contribution in [3.05, 3.63) is 63.4 Å². The zero-order valence-electron chi connectivity index (χ0n) is 12.1. The molecule has 108 valence electrons. The van der Waals surface area contributed by atoms with Gasteiger partial charge in [-0.15, -0.1) is 0 Å². The number of imidazole rings is 1. The van der Waals surface area contributed by atoms with Crippen LogP contribution in [0.3, 0.4) is 0 Å². The van der Waals surface area contributed by atoms with E-state index in [4.69, 9.17) is 23.8 Å². The topological polar surface area (TPSA) is 20.7 Å². The first kappa shape index (κ1) is 14.4. The van der Waals surface area contributed by atoms with Gasteiger partial charge >= 0.3 is 0 Å². The summed E-state index contributed by atoms with van der Waals surface area (Å²) in [7, 11) is 0. The van der Waals surface area contributed by atoms with Crippen LogP contribution in [0.5, 0.6) is 0 Å². The minimum absolute atomic E-state index is 0.549. The molecular formula is C17H17ClN2S. The molecule has 0 amide bonds. The predicted octanol–water partition coefficient (Wildman–Crippen LogP) is 5.52. The monoisotopic (exact) mass is 316 g/mol. The molecule has 0 saturated carbocycles. The molecule has 4 heteroatoms. The summed E-state index contributed by atoms with van der Waals surface area (Å²) in [6.45, 7) is 5.15. The second kappa shape index (κ2) is 5.66. The number of rotatable bonds is 3. The number of halogens is 1. The first-order chi connectivity index (χ1) is 10.1. The molecular weight excluding hydrogens is 300 g/mol. The fourth-order valence-corrected chi connectivity index (χ4v) is 2.97. The number of benzene rings is 2. The lowest BCUT2D eigenvalue weighted by atomic mass is 10.0. The number of hydrogen-bond acceptors (Lipinski definition) is 1. The maximum atomic E-state index is 6.21. The first-order valence-electron chi connectivity index (χ1n) is 7.02. The Morgan fingerprint density at radius 3 is 2.52 bits per heavy atom. The van der Waals surface area contributed by atoms with Gasteiger partial charge in [0.05, 0.1) is 22.6 Å². The number of aromatic amines is 1. The van der Waals surface area contributed by atoms with Crippen LogP contribution in [0, 0.1) is 4.77 Å². The number of fused-ring (bicyclic) bond motifs is 1. The SMILES string of the molecule is CC(C)c1ccc(Cn2c(=S)[nH]c3c(Cl)cccc32)cc1. The lowest BCUT2D eigenvalue weighted by Crippen LogP contribution is -2.00.